The van der Waals surface area contributed by atoms with Gasteiger partial charge in [0.15, 0.2) is 5.76 Å². The number of hydrogen-bond acceptors (Lipinski definition) is 4. The third kappa shape index (κ3) is 2.42. The molecule has 0 bridgehead atoms. The Bertz CT molecular complexity index is 571. The van der Waals surface area contributed by atoms with Gasteiger partial charge in [-0.05, 0) is 19.1 Å². The highest BCUT2D eigenvalue weighted by atomic mass is 19.1. The standard InChI is InChI=1S/C12H10FN3O/c1-8-5-9(17-16-8)7-15-12-4-2-3-11(13)10(12)6-14/h2-5,15H,7H2,1H3. The fourth-order valence-corrected chi connectivity index (χ4v) is 1.47. The fourth-order valence-electron chi connectivity index (χ4n) is 1.47. The zero-order valence-electron chi connectivity index (χ0n) is 9.20. The number of nitrogens with one attached hydrogen (secondary N) is 1. The van der Waals surface area contributed by atoms with Crippen molar-refractivity contribution in [1.82, 2.24) is 5.16 Å². The SMILES string of the molecule is Cc1cc(CNc2cccc(F)c2C#N)on1. The normalized spacial score (nSPS) is 9.94. The molecule has 2 aromatic rings. The summed E-state index contributed by atoms with van der Waals surface area (Å²) in [5.74, 6) is 0.0990. The van der Waals surface area contributed by atoms with Gasteiger partial charge in [0.25, 0.3) is 0 Å². The number of hydrogen-bond donors (Lipinski definition) is 1. The fraction of sp³-hybridized carbons (Fsp3) is 0.167. The highest BCUT2D eigenvalue weighted by Gasteiger charge is 2.08. The molecule has 86 valence electrons. The zero-order chi connectivity index (χ0) is 12.3. The first-order chi connectivity index (χ1) is 8.20. The van der Waals surface area contributed by atoms with Crippen LogP contribution in [0.4, 0.5) is 10.1 Å². The van der Waals surface area contributed by atoms with Crippen molar-refractivity contribution < 1.29 is 8.91 Å². The molecule has 0 saturated carbocycles. The van der Waals surface area contributed by atoms with Gasteiger partial charge >= 0.3 is 0 Å². The number of benzene rings is 1. The molecule has 0 atom stereocenters. The van der Waals surface area contributed by atoms with Crippen LogP contribution in [0, 0.1) is 24.1 Å². The summed E-state index contributed by atoms with van der Waals surface area (Å²) in [5, 5.41) is 15.5. The van der Waals surface area contributed by atoms with Crippen LogP contribution in [0.15, 0.2) is 28.8 Å². The topological polar surface area (TPSA) is 61.9 Å². The molecule has 0 fully saturated rings. The molecule has 0 unspecified atom stereocenters. The number of nitrogens with zero attached hydrogens (tertiary/aromatic N) is 2. The van der Waals surface area contributed by atoms with Crippen molar-refractivity contribution in [3.05, 3.63) is 47.1 Å². The number of aryl methyl sites for hydroxylation is 1. The molecule has 0 aliphatic rings. The second kappa shape index (κ2) is 4.66. The molecule has 1 heterocycles. The van der Waals surface area contributed by atoms with Gasteiger partial charge in [-0.3, -0.25) is 0 Å². The predicted molar refractivity (Wildman–Crippen MR) is 59.7 cm³/mol. The Hall–Kier alpha value is -2.35. The molecule has 17 heavy (non-hydrogen) atoms. The van der Waals surface area contributed by atoms with Crippen LogP contribution in [-0.4, -0.2) is 5.16 Å². The van der Waals surface area contributed by atoms with E-state index in [0.29, 0.717) is 18.0 Å². The molecule has 5 heteroatoms. The van der Waals surface area contributed by atoms with Crippen LogP contribution in [0.1, 0.15) is 17.0 Å². The van der Waals surface area contributed by atoms with E-state index in [4.69, 9.17) is 9.78 Å². The molecule has 0 aliphatic carbocycles. The molecule has 0 aliphatic heterocycles. The van der Waals surface area contributed by atoms with Crippen molar-refractivity contribution >= 4 is 5.69 Å². The van der Waals surface area contributed by atoms with E-state index in [1.54, 1.807) is 18.2 Å². The van der Waals surface area contributed by atoms with Crippen LogP contribution < -0.4 is 5.32 Å². The highest BCUT2D eigenvalue weighted by molar-refractivity contribution is 5.57. The van der Waals surface area contributed by atoms with Crippen molar-refractivity contribution in [2.75, 3.05) is 5.32 Å². The molecule has 1 N–H and O–H groups in total. The van der Waals surface area contributed by atoms with Crippen LogP contribution in [-0.2, 0) is 6.54 Å². The molecule has 1 aromatic heterocycles. The van der Waals surface area contributed by atoms with Gasteiger partial charge in [-0.15, -0.1) is 0 Å². The summed E-state index contributed by atoms with van der Waals surface area (Å²) in [6, 6.07) is 8.04. The Kier molecular flexibility index (Phi) is 3.06. The van der Waals surface area contributed by atoms with Crippen LogP contribution in [0.3, 0.4) is 0 Å². The maximum Gasteiger partial charge on any atom is 0.156 e. The van der Waals surface area contributed by atoms with E-state index in [0.717, 1.165) is 5.69 Å². The van der Waals surface area contributed by atoms with E-state index in [1.807, 2.05) is 13.0 Å². The Morgan fingerprint density at radius 3 is 3.00 bits per heavy atom. The minimum atomic E-state index is -0.536. The number of nitriles is 1. The quantitative estimate of drug-likeness (QED) is 0.881. The largest absolute Gasteiger partial charge is 0.377 e. The minimum Gasteiger partial charge on any atom is -0.377 e. The zero-order valence-corrected chi connectivity index (χ0v) is 9.20. The van der Waals surface area contributed by atoms with Gasteiger partial charge in [0.05, 0.1) is 17.9 Å². The lowest BCUT2D eigenvalue weighted by Crippen LogP contribution is -2.01. The third-order valence-electron chi connectivity index (χ3n) is 2.26. The van der Waals surface area contributed by atoms with E-state index in [2.05, 4.69) is 10.5 Å². The van der Waals surface area contributed by atoms with Crippen LogP contribution in [0.2, 0.25) is 0 Å². The van der Waals surface area contributed by atoms with Crippen molar-refractivity contribution in [1.29, 1.82) is 5.26 Å². The van der Waals surface area contributed by atoms with E-state index in [1.165, 1.54) is 6.07 Å². The Balaban J connectivity index is 2.14. The average Bonchev–Trinajstić information content (AvgIpc) is 2.72. The number of rotatable bonds is 3. The Morgan fingerprint density at radius 2 is 2.35 bits per heavy atom. The second-order valence-corrected chi connectivity index (χ2v) is 3.56. The molecule has 2 rings (SSSR count). The molecule has 1 aromatic carbocycles. The number of aromatic nitrogens is 1. The van der Waals surface area contributed by atoms with Crippen molar-refractivity contribution in [2.24, 2.45) is 0 Å². The van der Waals surface area contributed by atoms with Gasteiger partial charge < -0.3 is 9.84 Å². The van der Waals surface area contributed by atoms with Crippen LogP contribution >= 0.6 is 0 Å². The van der Waals surface area contributed by atoms with E-state index in [9.17, 15) is 4.39 Å². The van der Waals surface area contributed by atoms with Gasteiger partial charge in [-0.2, -0.15) is 5.26 Å². The maximum absolute atomic E-state index is 13.3. The molecule has 0 saturated heterocycles. The lowest BCUT2D eigenvalue weighted by molar-refractivity contribution is 0.384. The molecule has 0 radical (unpaired) electrons. The summed E-state index contributed by atoms with van der Waals surface area (Å²) in [5.41, 5.74) is 1.23. The second-order valence-electron chi connectivity index (χ2n) is 3.56. The molecule has 0 amide bonds. The average molecular weight is 231 g/mol. The van der Waals surface area contributed by atoms with E-state index >= 15 is 0 Å². The third-order valence-corrected chi connectivity index (χ3v) is 2.26. The van der Waals surface area contributed by atoms with Crippen molar-refractivity contribution in [3.8, 4) is 6.07 Å². The minimum absolute atomic E-state index is 0.00346. The van der Waals surface area contributed by atoms with Gasteiger partial charge in [-0.1, -0.05) is 11.2 Å². The van der Waals surface area contributed by atoms with Crippen LogP contribution in [0.25, 0.3) is 0 Å². The van der Waals surface area contributed by atoms with Gasteiger partial charge in [0, 0.05) is 6.07 Å². The summed E-state index contributed by atoms with van der Waals surface area (Å²) in [4.78, 5) is 0. The van der Waals surface area contributed by atoms with Gasteiger partial charge in [0.1, 0.15) is 17.4 Å². The van der Waals surface area contributed by atoms with E-state index < -0.39 is 5.82 Å². The maximum atomic E-state index is 13.3. The molecule has 0 spiro atoms. The highest BCUT2D eigenvalue weighted by Crippen LogP contribution is 2.18. The lowest BCUT2D eigenvalue weighted by atomic mass is 10.2. The molecule has 4 nitrogen and oxygen atoms in total. The summed E-state index contributed by atoms with van der Waals surface area (Å²) in [6.07, 6.45) is 0. The summed E-state index contributed by atoms with van der Waals surface area (Å²) in [6.45, 7) is 2.18. The smallest absolute Gasteiger partial charge is 0.156 e. The van der Waals surface area contributed by atoms with Crippen molar-refractivity contribution in [3.63, 3.8) is 0 Å². The van der Waals surface area contributed by atoms with Crippen LogP contribution in [0.5, 0.6) is 0 Å². The Labute approximate surface area is 97.7 Å². The summed E-state index contributed by atoms with van der Waals surface area (Å²) >= 11 is 0. The lowest BCUT2D eigenvalue weighted by Gasteiger charge is -2.06. The Morgan fingerprint density at radius 1 is 1.53 bits per heavy atom. The molecular weight excluding hydrogens is 221 g/mol. The summed E-state index contributed by atoms with van der Waals surface area (Å²) in [7, 11) is 0. The number of anilines is 1. The molecular formula is C12H10FN3O. The van der Waals surface area contributed by atoms with Gasteiger partial charge in [-0.25, -0.2) is 4.39 Å². The first kappa shape index (κ1) is 11.1. The predicted octanol–water partition coefficient (Wildman–Crippen LogP) is 2.61. The van der Waals surface area contributed by atoms with Gasteiger partial charge in [0.2, 0.25) is 0 Å². The number of halogens is 1. The summed E-state index contributed by atoms with van der Waals surface area (Å²) < 4.78 is 18.3. The first-order valence-corrected chi connectivity index (χ1v) is 5.05. The first-order valence-electron chi connectivity index (χ1n) is 5.05. The van der Waals surface area contributed by atoms with Crippen molar-refractivity contribution in [2.45, 2.75) is 13.5 Å². The monoisotopic (exact) mass is 231 g/mol. The van der Waals surface area contributed by atoms with E-state index in [-0.39, 0.29) is 5.56 Å².